The highest BCUT2D eigenvalue weighted by Gasteiger charge is 2.27. The minimum absolute atomic E-state index is 0.181. The van der Waals surface area contributed by atoms with E-state index in [0.717, 1.165) is 23.7 Å². The van der Waals surface area contributed by atoms with Crippen molar-refractivity contribution in [3.05, 3.63) is 33.8 Å². The highest BCUT2D eigenvalue weighted by Crippen LogP contribution is 2.33. The Bertz CT molecular complexity index is 447. The van der Waals surface area contributed by atoms with Crippen LogP contribution in [0.4, 0.5) is 0 Å². The molecule has 0 fully saturated rings. The van der Waals surface area contributed by atoms with Gasteiger partial charge in [0.15, 0.2) is 0 Å². The summed E-state index contributed by atoms with van der Waals surface area (Å²) >= 11 is 3.47. The van der Waals surface area contributed by atoms with Crippen LogP contribution in [-0.2, 0) is 11.2 Å². The van der Waals surface area contributed by atoms with Crippen LogP contribution in [0, 0.1) is 0 Å². The Labute approximate surface area is 116 Å². The molecule has 2 rings (SSSR count). The lowest BCUT2D eigenvalue weighted by Crippen LogP contribution is -2.38. The standard InChI is InChI=1S/C14H18BrNO2/c1-2-3-13(14(17)18)16-12-7-4-9-8-10(15)5-6-11(9)12/h5-6,8,12-13,16H,2-4,7H2,1H3,(H,17,18). The van der Waals surface area contributed by atoms with Gasteiger partial charge in [-0.25, -0.2) is 0 Å². The number of hydrogen-bond acceptors (Lipinski definition) is 2. The molecule has 2 atom stereocenters. The van der Waals surface area contributed by atoms with Crippen molar-refractivity contribution < 1.29 is 9.90 Å². The molecule has 3 nitrogen and oxygen atoms in total. The third-order valence-electron chi connectivity index (χ3n) is 3.46. The van der Waals surface area contributed by atoms with E-state index in [2.05, 4.69) is 33.4 Å². The zero-order valence-electron chi connectivity index (χ0n) is 10.4. The number of halogens is 1. The molecule has 1 aliphatic rings. The molecular weight excluding hydrogens is 294 g/mol. The lowest BCUT2D eigenvalue weighted by molar-refractivity contribution is -0.139. The molecule has 0 radical (unpaired) electrons. The summed E-state index contributed by atoms with van der Waals surface area (Å²) in [5.41, 5.74) is 2.57. The Kier molecular flexibility index (Phi) is 4.40. The molecule has 0 saturated carbocycles. The fourth-order valence-corrected chi connectivity index (χ4v) is 2.98. The Balaban J connectivity index is 2.11. The van der Waals surface area contributed by atoms with Gasteiger partial charge in [0.05, 0.1) is 0 Å². The van der Waals surface area contributed by atoms with E-state index < -0.39 is 12.0 Å². The number of hydrogen-bond donors (Lipinski definition) is 2. The maximum Gasteiger partial charge on any atom is 0.320 e. The number of aliphatic carboxylic acids is 1. The Morgan fingerprint density at radius 1 is 1.61 bits per heavy atom. The molecule has 1 aromatic rings. The Morgan fingerprint density at radius 2 is 2.39 bits per heavy atom. The summed E-state index contributed by atoms with van der Waals surface area (Å²) in [6.07, 6.45) is 3.56. The monoisotopic (exact) mass is 311 g/mol. The number of benzene rings is 1. The second-order valence-electron chi connectivity index (χ2n) is 4.78. The molecule has 0 saturated heterocycles. The van der Waals surface area contributed by atoms with Gasteiger partial charge in [-0.2, -0.15) is 0 Å². The van der Waals surface area contributed by atoms with Crippen LogP contribution in [-0.4, -0.2) is 17.1 Å². The van der Waals surface area contributed by atoms with Crippen LogP contribution >= 0.6 is 15.9 Å². The number of carbonyl (C=O) groups is 1. The minimum atomic E-state index is -0.748. The van der Waals surface area contributed by atoms with E-state index in [9.17, 15) is 9.90 Å². The summed E-state index contributed by atoms with van der Waals surface area (Å²) in [7, 11) is 0. The quantitative estimate of drug-likeness (QED) is 0.877. The summed E-state index contributed by atoms with van der Waals surface area (Å²) in [4.78, 5) is 11.2. The first-order valence-corrected chi connectivity index (χ1v) is 7.18. The van der Waals surface area contributed by atoms with Gasteiger partial charge in [-0.3, -0.25) is 10.1 Å². The van der Waals surface area contributed by atoms with Gasteiger partial charge in [0.2, 0.25) is 0 Å². The Morgan fingerprint density at radius 3 is 3.06 bits per heavy atom. The lowest BCUT2D eigenvalue weighted by Gasteiger charge is -2.20. The Hall–Kier alpha value is -0.870. The summed E-state index contributed by atoms with van der Waals surface area (Å²) in [5.74, 6) is -0.748. The van der Waals surface area contributed by atoms with Crippen molar-refractivity contribution >= 4 is 21.9 Å². The third kappa shape index (κ3) is 2.93. The van der Waals surface area contributed by atoms with E-state index in [1.54, 1.807) is 0 Å². The zero-order chi connectivity index (χ0) is 13.1. The number of aryl methyl sites for hydroxylation is 1. The van der Waals surface area contributed by atoms with Crippen LogP contribution in [0.2, 0.25) is 0 Å². The van der Waals surface area contributed by atoms with Crippen molar-refractivity contribution in [2.24, 2.45) is 0 Å². The molecule has 18 heavy (non-hydrogen) atoms. The maximum absolute atomic E-state index is 11.2. The second-order valence-corrected chi connectivity index (χ2v) is 5.70. The van der Waals surface area contributed by atoms with Gasteiger partial charge < -0.3 is 5.11 Å². The van der Waals surface area contributed by atoms with Crippen molar-refractivity contribution in [3.63, 3.8) is 0 Å². The van der Waals surface area contributed by atoms with Crippen molar-refractivity contribution in [2.45, 2.75) is 44.7 Å². The normalized spacial score (nSPS) is 19.6. The lowest BCUT2D eigenvalue weighted by atomic mass is 10.1. The van der Waals surface area contributed by atoms with Crippen molar-refractivity contribution in [3.8, 4) is 0 Å². The summed E-state index contributed by atoms with van der Waals surface area (Å²) < 4.78 is 1.09. The van der Waals surface area contributed by atoms with Crippen molar-refractivity contribution in [1.29, 1.82) is 0 Å². The molecule has 0 aromatic heterocycles. The first-order chi connectivity index (χ1) is 8.61. The highest BCUT2D eigenvalue weighted by molar-refractivity contribution is 9.10. The fraction of sp³-hybridized carbons (Fsp3) is 0.500. The van der Waals surface area contributed by atoms with Crippen LogP contribution in [0.3, 0.4) is 0 Å². The predicted octanol–water partition coefficient (Wildman–Crippen LogP) is 3.28. The minimum Gasteiger partial charge on any atom is -0.480 e. The van der Waals surface area contributed by atoms with Crippen LogP contribution in [0.25, 0.3) is 0 Å². The molecule has 4 heteroatoms. The van der Waals surface area contributed by atoms with Gasteiger partial charge in [-0.1, -0.05) is 35.3 Å². The predicted molar refractivity (Wildman–Crippen MR) is 74.7 cm³/mol. The molecule has 0 amide bonds. The molecular formula is C14H18BrNO2. The highest BCUT2D eigenvalue weighted by atomic mass is 79.9. The summed E-state index contributed by atoms with van der Waals surface area (Å²) in [6.45, 7) is 2.01. The first kappa shape index (κ1) is 13.6. The maximum atomic E-state index is 11.2. The SMILES string of the molecule is CCCC(NC1CCc2cc(Br)ccc21)C(=O)O. The first-order valence-electron chi connectivity index (χ1n) is 6.39. The molecule has 2 unspecified atom stereocenters. The van der Waals surface area contributed by atoms with Gasteiger partial charge in [0, 0.05) is 10.5 Å². The van der Waals surface area contributed by atoms with Gasteiger partial charge >= 0.3 is 5.97 Å². The molecule has 0 bridgehead atoms. The average Bonchev–Trinajstić information content (AvgIpc) is 2.71. The van der Waals surface area contributed by atoms with E-state index >= 15 is 0 Å². The smallest absolute Gasteiger partial charge is 0.320 e. The molecule has 98 valence electrons. The zero-order valence-corrected chi connectivity index (χ0v) is 12.0. The van der Waals surface area contributed by atoms with Crippen LogP contribution in [0.15, 0.2) is 22.7 Å². The molecule has 1 aromatic carbocycles. The molecule has 1 aliphatic carbocycles. The fourth-order valence-electron chi connectivity index (χ4n) is 2.57. The van der Waals surface area contributed by atoms with E-state index in [4.69, 9.17) is 0 Å². The van der Waals surface area contributed by atoms with Crippen molar-refractivity contribution in [2.75, 3.05) is 0 Å². The molecule has 2 N–H and O–H groups in total. The number of rotatable bonds is 5. The van der Waals surface area contributed by atoms with E-state index in [0.29, 0.717) is 6.42 Å². The molecule has 0 spiro atoms. The average molecular weight is 312 g/mol. The van der Waals surface area contributed by atoms with Crippen molar-refractivity contribution in [1.82, 2.24) is 5.32 Å². The third-order valence-corrected chi connectivity index (χ3v) is 3.95. The van der Waals surface area contributed by atoms with Gasteiger partial charge in [-0.15, -0.1) is 0 Å². The number of nitrogens with one attached hydrogen (secondary N) is 1. The number of fused-ring (bicyclic) bond motifs is 1. The van der Waals surface area contributed by atoms with Gasteiger partial charge in [0.25, 0.3) is 0 Å². The molecule has 0 heterocycles. The number of carboxylic acid groups (broad SMARTS) is 1. The van der Waals surface area contributed by atoms with E-state index in [-0.39, 0.29) is 6.04 Å². The molecule has 0 aliphatic heterocycles. The van der Waals surface area contributed by atoms with E-state index in [1.165, 1.54) is 11.1 Å². The van der Waals surface area contributed by atoms with E-state index in [1.807, 2.05) is 13.0 Å². The summed E-state index contributed by atoms with van der Waals surface area (Å²) in [6, 6.07) is 5.99. The van der Waals surface area contributed by atoms with Gasteiger partial charge in [0.1, 0.15) is 6.04 Å². The topological polar surface area (TPSA) is 49.3 Å². The number of carboxylic acids is 1. The van der Waals surface area contributed by atoms with Crippen LogP contribution < -0.4 is 5.32 Å². The largest absolute Gasteiger partial charge is 0.480 e. The second kappa shape index (κ2) is 5.85. The van der Waals surface area contributed by atoms with Crippen LogP contribution in [0.1, 0.15) is 43.4 Å². The summed E-state index contributed by atoms with van der Waals surface area (Å²) in [5, 5.41) is 12.5. The van der Waals surface area contributed by atoms with Crippen LogP contribution in [0.5, 0.6) is 0 Å². The van der Waals surface area contributed by atoms with Gasteiger partial charge in [-0.05, 0) is 42.5 Å².